The number of benzene rings is 2. The van der Waals surface area contributed by atoms with Gasteiger partial charge in [-0.1, -0.05) is 17.7 Å². The number of halogens is 1. The van der Waals surface area contributed by atoms with Gasteiger partial charge in [0.05, 0.1) is 12.7 Å². The van der Waals surface area contributed by atoms with E-state index in [2.05, 4.69) is 17.2 Å². The van der Waals surface area contributed by atoms with Crippen molar-refractivity contribution in [3.05, 3.63) is 65.7 Å². The van der Waals surface area contributed by atoms with Crippen molar-refractivity contribution in [3.8, 4) is 0 Å². The number of rotatable bonds is 6. The van der Waals surface area contributed by atoms with Crippen LogP contribution in [0.5, 0.6) is 0 Å². The van der Waals surface area contributed by atoms with Crippen molar-refractivity contribution >= 4 is 46.5 Å². The Morgan fingerprint density at radius 2 is 1.97 bits per heavy atom. The second kappa shape index (κ2) is 10.9. The van der Waals surface area contributed by atoms with Crippen LogP contribution in [0.1, 0.15) is 12.0 Å². The van der Waals surface area contributed by atoms with E-state index in [-0.39, 0.29) is 25.5 Å². The molecule has 35 heavy (non-hydrogen) atoms. The molecule has 2 aromatic rings. The molecule has 2 heterocycles. The molecule has 2 aromatic carbocycles. The molecular formula is C25H27ClN4O5. The number of β-amino-alcohol motifs (C(OH)–C–C–N with tert-alkyl or cyclic N) is 1. The van der Waals surface area contributed by atoms with E-state index >= 15 is 0 Å². The first-order valence-corrected chi connectivity index (χ1v) is 11.7. The number of amides is 4. The number of morpholine rings is 1. The Labute approximate surface area is 208 Å². The van der Waals surface area contributed by atoms with Crippen molar-refractivity contribution in [2.45, 2.75) is 25.0 Å². The number of allylic oxidation sites excluding steroid dienone is 1. The summed E-state index contributed by atoms with van der Waals surface area (Å²) in [6.45, 7) is 4.77. The van der Waals surface area contributed by atoms with Crippen LogP contribution in [-0.2, 0) is 20.7 Å². The molecule has 2 saturated heterocycles. The van der Waals surface area contributed by atoms with E-state index in [1.54, 1.807) is 47.4 Å². The van der Waals surface area contributed by atoms with Gasteiger partial charge >= 0.3 is 6.03 Å². The molecule has 2 aliphatic heterocycles. The Balaban J connectivity index is 1.49. The summed E-state index contributed by atoms with van der Waals surface area (Å²) in [4.78, 5) is 41.3. The van der Waals surface area contributed by atoms with Crippen molar-refractivity contribution < 1.29 is 24.2 Å². The van der Waals surface area contributed by atoms with Crippen molar-refractivity contribution in [1.82, 2.24) is 4.90 Å². The maximum absolute atomic E-state index is 13.2. The highest BCUT2D eigenvalue weighted by Gasteiger charge is 2.39. The third-order valence-corrected chi connectivity index (χ3v) is 6.20. The van der Waals surface area contributed by atoms with E-state index in [0.29, 0.717) is 41.7 Å². The molecule has 2 atom stereocenters. The predicted octanol–water partition coefficient (Wildman–Crippen LogP) is 3.04. The van der Waals surface area contributed by atoms with E-state index in [9.17, 15) is 19.5 Å². The highest BCUT2D eigenvalue weighted by atomic mass is 35.5. The fourth-order valence-electron chi connectivity index (χ4n) is 4.22. The Hall–Kier alpha value is -3.40. The van der Waals surface area contributed by atoms with Gasteiger partial charge in [-0.2, -0.15) is 0 Å². The predicted molar refractivity (Wildman–Crippen MR) is 134 cm³/mol. The topological polar surface area (TPSA) is 111 Å². The summed E-state index contributed by atoms with van der Waals surface area (Å²) in [5.41, 5.74) is 2.58. The Kier molecular flexibility index (Phi) is 7.70. The van der Waals surface area contributed by atoms with Crippen molar-refractivity contribution in [3.63, 3.8) is 0 Å². The smallest absolute Gasteiger partial charge is 0.322 e. The third kappa shape index (κ3) is 5.82. The van der Waals surface area contributed by atoms with E-state index in [1.165, 1.54) is 4.90 Å². The number of carbonyl (C=O) groups is 3. The first-order valence-electron chi connectivity index (χ1n) is 11.3. The normalized spacial score (nSPS) is 20.0. The number of likely N-dealkylation sites (tertiary alicyclic amines) is 1. The van der Waals surface area contributed by atoms with Crippen LogP contribution in [0.15, 0.2) is 55.1 Å². The lowest BCUT2D eigenvalue weighted by atomic mass is 10.1. The van der Waals surface area contributed by atoms with Crippen LogP contribution in [0.4, 0.5) is 21.9 Å². The molecular weight excluding hydrogens is 472 g/mol. The molecule has 2 unspecified atom stereocenters. The monoisotopic (exact) mass is 498 g/mol. The minimum absolute atomic E-state index is 0.0349. The summed E-state index contributed by atoms with van der Waals surface area (Å²) in [7, 11) is 0. The number of anilines is 3. The average molecular weight is 499 g/mol. The first kappa shape index (κ1) is 24.7. The molecule has 0 radical (unpaired) electrons. The van der Waals surface area contributed by atoms with Crippen molar-refractivity contribution in [1.29, 1.82) is 0 Å². The number of nitrogens with one attached hydrogen (secondary N) is 2. The second-order valence-corrected chi connectivity index (χ2v) is 8.85. The zero-order valence-electron chi connectivity index (χ0n) is 19.1. The number of nitrogens with zero attached hydrogens (tertiary/aromatic N) is 2. The Bertz CT molecular complexity index is 1120. The molecule has 4 rings (SSSR count). The molecule has 184 valence electrons. The summed E-state index contributed by atoms with van der Waals surface area (Å²) in [6, 6.07) is 10.6. The fourth-order valence-corrected chi connectivity index (χ4v) is 4.34. The zero-order chi connectivity index (χ0) is 24.9. The largest absolute Gasteiger partial charge is 0.391 e. The Morgan fingerprint density at radius 1 is 1.20 bits per heavy atom. The molecule has 2 aliphatic rings. The standard InChI is InChI=1S/C25H27ClN4O5/c1-2-3-16-12-19(29-10-11-35-15-23(29)32)8-9-21(16)28-24(33)22-13-20(31)14-30(22)25(34)27-18-6-4-17(26)5-7-18/h2,4-9,12,20,22,31H,1,3,10-11,13-15H2,(H,27,34)(H,28,33). The number of hydrogen-bond acceptors (Lipinski definition) is 5. The minimum Gasteiger partial charge on any atom is -0.391 e. The van der Waals surface area contributed by atoms with Crippen LogP contribution in [0, 0.1) is 0 Å². The van der Waals surface area contributed by atoms with Gasteiger partial charge in [0, 0.05) is 41.6 Å². The lowest BCUT2D eigenvalue weighted by Gasteiger charge is -2.28. The molecule has 9 nitrogen and oxygen atoms in total. The number of hydrogen-bond donors (Lipinski definition) is 3. The molecule has 0 bridgehead atoms. The molecule has 0 spiro atoms. The lowest BCUT2D eigenvalue weighted by Crippen LogP contribution is -2.45. The van der Waals surface area contributed by atoms with Crippen LogP contribution < -0.4 is 15.5 Å². The van der Waals surface area contributed by atoms with Gasteiger partial charge in [0.15, 0.2) is 0 Å². The van der Waals surface area contributed by atoms with Gasteiger partial charge in [-0.25, -0.2) is 4.79 Å². The number of aliphatic hydroxyl groups is 1. The van der Waals surface area contributed by atoms with Gasteiger partial charge in [-0.15, -0.1) is 6.58 Å². The fraction of sp³-hybridized carbons (Fsp3) is 0.320. The third-order valence-electron chi connectivity index (χ3n) is 5.95. The summed E-state index contributed by atoms with van der Waals surface area (Å²) in [5.74, 6) is -0.534. The van der Waals surface area contributed by atoms with Gasteiger partial charge in [0.25, 0.3) is 5.91 Å². The van der Waals surface area contributed by atoms with Crippen molar-refractivity contribution in [2.75, 3.05) is 41.8 Å². The highest BCUT2D eigenvalue weighted by molar-refractivity contribution is 6.30. The quantitative estimate of drug-likeness (QED) is 0.530. The molecule has 2 fully saturated rings. The second-order valence-electron chi connectivity index (χ2n) is 8.42. The number of aliphatic hydroxyl groups excluding tert-OH is 1. The molecule has 10 heteroatoms. The molecule has 0 aliphatic carbocycles. The van der Waals surface area contributed by atoms with Gasteiger partial charge in [0.1, 0.15) is 12.6 Å². The van der Waals surface area contributed by atoms with Gasteiger partial charge in [0.2, 0.25) is 5.91 Å². The van der Waals surface area contributed by atoms with Gasteiger partial charge in [-0.05, 0) is 54.4 Å². The molecule has 4 amide bonds. The van der Waals surface area contributed by atoms with E-state index in [0.717, 1.165) is 5.56 Å². The minimum atomic E-state index is -0.852. The van der Waals surface area contributed by atoms with Crippen LogP contribution in [0.3, 0.4) is 0 Å². The summed E-state index contributed by atoms with van der Waals surface area (Å²) >= 11 is 5.89. The number of ether oxygens (including phenoxy) is 1. The van der Waals surface area contributed by atoms with Gasteiger partial charge < -0.3 is 30.3 Å². The zero-order valence-corrected chi connectivity index (χ0v) is 19.8. The van der Waals surface area contributed by atoms with Crippen LogP contribution in [0.25, 0.3) is 0 Å². The Morgan fingerprint density at radius 3 is 2.69 bits per heavy atom. The van der Waals surface area contributed by atoms with Crippen molar-refractivity contribution in [2.24, 2.45) is 0 Å². The highest BCUT2D eigenvalue weighted by Crippen LogP contribution is 2.27. The van der Waals surface area contributed by atoms with Gasteiger partial charge in [-0.3, -0.25) is 9.59 Å². The molecule has 0 saturated carbocycles. The maximum atomic E-state index is 13.2. The van der Waals surface area contributed by atoms with E-state index < -0.39 is 24.1 Å². The van der Waals surface area contributed by atoms with Crippen LogP contribution >= 0.6 is 11.6 Å². The summed E-state index contributed by atoms with van der Waals surface area (Å²) in [5, 5.41) is 16.4. The SMILES string of the molecule is C=CCc1cc(N2CCOCC2=O)ccc1NC(=O)C1CC(O)CN1C(=O)Nc1ccc(Cl)cc1. The number of urea groups is 1. The molecule has 0 aromatic heterocycles. The van der Waals surface area contributed by atoms with E-state index in [1.807, 2.05) is 6.07 Å². The maximum Gasteiger partial charge on any atom is 0.322 e. The van der Waals surface area contributed by atoms with Crippen LogP contribution in [-0.4, -0.2) is 66.3 Å². The number of carbonyl (C=O) groups excluding carboxylic acids is 3. The summed E-state index contributed by atoms with van der Waals surface area (Å²) < 4.78 is 5.20. The van der Waals surface area contributed by atoms with E-state index in [4.69, 9.17) is 16.3 Å². The lowest BCUT2D eigenvalue weighted by molar-refractivity contribution is -0.125. The summed E-state index contributed by atoms with van der Waals surface area (Å²) in [6.07, 6.45) is 1.48. The van der Waals surface area contributed by atoms with Crippen LogP contribution in [0.2, 0.25) is 5.02 Å². The molecule has 3 N–H and O–H groups in total. The first-order chi connectivity index (χ1) is 16.9. The average Bonchev–Trinajstić information content (AvgIpc) is 3.24.